The number of carbonyl (C=O) groups is 1. The number of ether oxygens (including phenoxy) is 1. The third kappa shape index (κ3) is 3.31. The van der Waals surface area contributed by atoms with Crippen LogP contribution in [0.15, 0.2) is 42.5 Å². The Bertz CT molecular complexity index is 635. The average molecular weight is 291 g/mol. The Morgan fingerprint density at radius 1 is 1.20 bits per heavy atom. The molecule has 0 bridgehead atoms. The number of rotatable bonds is 4. The van der Waals surface area contributed by atoms with Crippen molar-refractivity contribution in [1.29, 1.82) is 0 Å². The van der Waals surface area contributed by atoms with Crippen LogP contribution in [-0.4, -0.2) is 17.2 Å². The Labute approximate surface area is 122 Å². The predicted molar refractivity (Wildman–Crippen MR) is 79.6 cm³/mol. The molecular formula is C16H15ClO3. The van der Waals surface area contributed by atoms with Crippen molar-refractivity contribution in [2.45, 2.75) is 20.0 Å². The summed E-state index contributed by atoms with van der Waals surface area (Å²) in [6.07, 6.45) is 0.0588. The van der Waals surface area contributed by atoms with Crippen molar-refractivity contribution in [3.8, 4) is 16.9 Å². The van der Waals surface area contributed by atoms with Crippen LogP contribution in [0.25, 0.3) is 11.1 Å². The smallest absolute Gasteiger partial charge is 0.336 e. The topological polar surface area (TPSA) is 46.5 Å². The van der Waals surface area contributed by atoms with Crippen LogP contribution in [-0.2, 0) is 0 Å². The van der Waals surface area contributed by atoms with E-state index in [2.05, 4.69) is 0 Å². The lowest BCUT2D eigenvalue weighted by atomic mass is 9.99. The lowest BCUT2D eigenvalue weighted by Crippen LogP contribution is -2.05. The zero-order valence-corrected chi connectivity index (χ0v) is 12.0. The van der Waals surface area contributed by atoms with Gasteiger partial charge >= 0.3 is 5.97 Å². The molecule has 0 aliphatic heterocycles. The molecule has 0 saturated carbocycles. The average Bonchev–Trinajstić information content (AvgIpc) is 2.37. The van der Waals surface area contributed by atoms with Crippen molar-refractivity contribution in [1.82, 2.24) is 0 Å². The van der Waals surface area contributed by atoms with E-state index in [0.717, 1.165) is 5.56 Å². The van der Waals surface area contributed by atoms with E-state index in [9.17, 15) is 9.90 Å². The molecule has 2 aromatic rings. The number of halogens is 1. The van der Waals surface area contributed by atoms with Crippen LogP contribution in [0.3, 0.4) is 0 Å². The normalized spacial score (nSPS) is 10.6. The molecule has 0 saturated heterocycles. The monoisotopic (exact) mass is 290 g/mol. The van der Waals surface area contributed by atoms with E-state index in [1.165, 1.54) is 6.07 Å². The number of aromatic carboxylic acids is 1. The van der Waals surface area contributed by atoms with Gasteiger partial charge in [0.25, 0.3) is 0 Å². The SMILES string of the molecule is CC(C)Oc1cccc(-c2cc(Cl)ccc2C(=O)O)c1. The molecule has 2 aromatic carbocycles. The maximum Gasteiger partial charge on any atom is 0.336 e. The minimum Gasteiger partial charge on any atom is -0.491 e. The van der Waals surface area contributed by atoms with Gasteiger partial charge in [0.05, 0.1) is 11.7 Å². The number of carboxylic acids is 1. The summed E-state index contributed by atoms with van der Waals surface area (Å²) in [4.78, 5) is 11.3. The minimum absolute atomic E-state index is 0.0588. The van der Waals surface area contributed by atoms with Crippen LogP contribution >= 0.6 is 11.6 Å². The van der Waals surface area contributed by atoms with Crippen molar-refractivity contribution in [3.63, 3.8) is 0 Å². The second kappa shape index (κ2) is 5.97. The van der Waals surface area contributed by atoms with Crippen LogP contribution in [0.5, 0.6) is 5.75 Å². The number of hydrogen-bond donors (Lipinski definition) is 1. The molecule has 1 N–H and O–H groups in total. The van der Waals surface area contributed by atoms with Crippen LogP contribution in [0.4, 0.5) is 0 Å². The first kappa shape index (κ1) is 14.4. The van der Waals surface area contributed by atoms with Crippen molar-refractivity contribution >= 4 is 17.6 Å². The van der Waals surface area contributed by atoms with E-state index in [-0.39, 0.29) is 11.7 Å². The molecule has 0 aliphatic rings. The van der Waals surface area contributed by atoms with Gasteiger partial charge in [0.2, 0.25) is 0 Å². The summed E-state index contributed by atoms with van der Waals surface area (Å²) in [5.41, 5.74) is 1.57. The van der Waals surface area contributed by atoms with E-state index < -0.39 is 5.97 Å². The highest BCUT2D eigenvalue weighted by molar-refractivity contribution is 6.31. The molecule has 2 rings (SSSR count). The molecule has 0 aliphatic carbocycles. The van der Waals surface area contributed by atoms with E-state index in [0.29, 0.717) is 16.3 Å². The summed E-state index contributed by atoms with van der Waals surface area (Å²) in [5, 5.41) is 9.76. The molecule has 0 unspecified atom stereocenters. The van der Waals surface area contributed by atoms with Gasteiger partial charge in [-0.15, -0.1) is 0 Å². The van der Waals surface area contributed by atoms with E-state index in [1.54, 1.807) is 12.1 Å². The molecule has 0 atom stereocenters. The van der Waals surface area contributed by atoms with Crippen LogP contribution in [0.1, 0.15) is 24.2 Å². The first-order valence-corrected chi connectivity index (χ1v) is 6.65. The summed E-state index contributed by atoms with van der Waals surface area (Å²) in [6.45, 7) is 3.88. The number of carboxylic acid groups (broad SMARTS) is 1. The predicted octanol–water partition coefficient (Wildman–Crippen LogP) is 4.49. The summed E-state index contributed by atoms with van der Waals surface area (Å²) in [6, 6.07) is 12.1. The van der Waals surface area contributed by atoms with Gasteiger partial charge in [0.1, 0.15) is 5.75 Å². The highest BCUT2D eigenvalue weighted by Gasteiger charge is 2.13. The highest BCUT2D eigenvalue weighted by Crippen LogP contribution is 2.30. The van der Waals surface area contributed by atoms with E-state index >= 15 is 0 Å². The Balaban J connectivity index is 2.50. The third-order valence-electron chi connectivity index (χ3n) is 2.73. The number of hydrogen-bond acceptors (Lipinski definition) is 2. The fourth-order valence-corrected chi connectivity index (χ4v) is 2.12. The number of benzene rings is 2. The van der Waals surface area contributed by atoms with E-state index in [1.807, 2.05) is 38.1 Å². The first-order chi connectivity index (χ1) is 9.47. The van der Waals surface area contributed by atoms with Gasteiger partial charge in [-0.25, -0.2) is 4.79 Å². The molecular weight excluding hydrogens is 276 g/mol. The van der Waals surface area contributed by atoms with Crippen molar-refractivity contribution in [2.75, 3.05) is 0 Å². The quantitative estimate of drug-likeness (QED) is 0.902. The van der Waals surface area contributed by atoms with Gasteiger partial charge in [-0.3, -0.25) is 0 Å². The highest BCUT2D eigenvalue weighted by atomic mass is 35.5. The summed E-state index contributed by atoms with van der Waals surface area (Å²) in [5.74, 6) is -0.277. The lowest BCUT2D eigenvalue weighted by molar-refractivity contribution is 0.0697. The zero-order valence-electron chi connectivity index (χ0n) is 11.3. The lowest BCUT2D eigenvalue weighted by Gasteiger charge is -2.12. The maximum atomic E-state index is 11.3. The van der Waals surface area contributed by atoms with Crippen molar-refractivity contribution < 1.29 is 14.6 Å². The molecule has 3 nitrogen and oxygen atoms in total. The Kier molecular flexibility index (Phi) is 4.30. The van der Waals surface area contributed by atoms with E-state index in [4.69, 9.17) is 16.3 Å². The molecule has 0 amide bonds. The van der Waals surface area contributed by atoms with Crippen molar-refractivity contribution in [2.24, 2.45) is 0 Å². The van der Waals surface area contributed by atoms with Gasteiger partial charge in [0.15, 0.2) is 0 Å². The largest absolute Gasteiger partial charge is 0.491 e. The summed E-state index contributed by atoms with van der Waals surface area (Å²) >= 11 is 5.97. The molecule has 4 heteroatoms. The molecule has 0 fully saturated rings. The van der Waals surface area contributed by atoms with Crippen molar-refractivity contribution in [3.05, 3.63) is 53.1 Å². The zero-order chi connectivity index (χ0) is 14.7. The second-order valence-electron chi connectivity index (χ2n) is 4.69. The molecule has 0 heterocycles. The van der Waals surface area contributed by atoms with Gasteiger partial charge in [-0.2, -0.15) is 0 Å². The maximum absolute atomic E-state index is 11.3. The molecule has 0 spiro atoms. The van der Waals surface area contributed by atoms with Gasteiger partial charge in [-0.1, -0.05) is 23.7 Å². The minimum atomic E-state index is -0.980. The Hall–Kier alpha value is -2.00. The van der Waals surface area contributed by atoms with Crippen LogP contribution in [0.2, 0.25) is 5.02 Å². The summed E-state index contributed by atoms with van der Waals surface area (Å²) < 4.78 is 5.63. The first-order valence-electron chi connectivity index (χ1n) is 6.27. The van der Waals surface area contributed by atoms with Gasteiger partial charge in [-0.05, 0) is 55.3 Å². The Morgan fingerprint density at radius 2 is 1.95 bits per heavy atom. The molecule has 20 heavy (non-hydrogen) atoms. The van der Waals surface area contributed by atoms with Crippen LogP contribution in [0, 0.1) is 0 Å². The summed E-state index contributed by atoms with van der Waals surface area (Å²) in [7, 11) is 0. The fraction of sp³-hybridized carbons (Fsp3) is 0.188. The second-order valence-corrected chi connectivity index (χ2v) is 5.13. The molecule has 0 radical (unpaired) electrons. The molecule has 0 aromatic heterocycles. The Morgan fingerprint density at radius 3 is 2.60 bits per heavy atom. The molecule has 104 valence electrons. The van der Waals surface area contributed by atoms with Crippen LogP contribution < -0.4 is 4.74 Å². The fourth-order valence-electron chi connectivity index (χ4n) is 1.95. The third-order valence-corrected chi connectivity index (χ3v) is 2.96. The standard InChI is InChI=1S/C16H15ClO3/c1-10(2)20-13-5-3-4-11(8-13)15-9-12(17)6-7-14(15)16(18)19/h3-10H,1-2H3,(H,18,19). The van der Waals surface area contributed by atoms with Gasteiger partial charge < -0.3 is 9.84 Å². The van der Waals surface area contributed by atoms with Gasteiger partial charge in [0, 0.05) is 5.02 Å².